The predicted molar refractivity (Wildman–Crippen MR) is 436 cm³/mol. The number of H-pyrrole nitrogens is 1. The largest absolute Gasteiger partial charge is 0.508 e. The van der Waals surface area contributed by atoms with Crippen molar-refractivity contribution in [2.75, 3.05) is 42.8 Å². The van der Waals surface area contributed by atoms with E-state index in [1.807, 2.05) is 63.4 Å². The number of aliphatic carboxylic acids is 4. The highest BCUT2D eigenvalue weighted by molar-refractivity contribution is 8.76. The number of nitrogens with zero attached hydrogens (tertiary/aromatic N) is 4. The Kier molecular flexibility index (Phi) is 35.2. The first-order valence-corrected chi connectivity index (χ1v) is 41.4. The summed E-state index contributed by atoms with van der Waals surface area (Å²) in [5.41, 5.74) is 12.7. The molecule has 122 heavy (non-hydrogen) atoms. The topological polar surface area (TPSA) is 644 Å². The van der Waals surface area contributed by atoms with Gasteiger partial charge in [0.15, 0.2) is 29.1 Å². The summed E-state index contributed by atoms with van der Waals surface area (Å²) in [5.74, 6) is -16.1. The number of hydrogen-bond donors (Lipinski definition) is 16. The molecule has 18 N–H and O–H groups in total. The lowest BCUT2D eigenvalue weighted by molar-refractivity contribution is -0.159. The molecule has 3 fully saturated rings. The summed E-state index contributed by atoms with van der Waals surface area (Å²) in [4.78, 5) is 204. The van der Waals surface area contributed by atoms with Gasteiger partial charge in [0.05, 0.1) is 49.9 Å². The van der Waals surface area contributed by atoms with Crippen LogP contribution in [0.2, 0.25) is 0 Å². The van der Waals surface area contributed by atoms with Gasteiger partial charge >= 0.3 is 42.0 Å². The Morgan fingerprint density at radius 1 is 0.795 bits per heavy atom. The number of allylic oxidation sites excluding steroid dienone is 4. The van der Waals surface area contributed by atoms with Gasteiger partial charge in [0.25, 0.3) is 11.5 Å². The van der Waals surface area contributed by atoms with E-state index in [9.17, 15) is 87.5 Å². The standard InChI is InChI=1S/C78H102N16O26S2/c1-37(25-46-35-115-42(6)86-46)11-9-12-39(3)64(113-8)41(5)54-32-57(78(7)56(120-78)20-14-38(2)53-26-43(28-62(102)116-53)27-55-65(117-55)74(111)118-54)119-77(112)114-23-24-121-122-36-52(73(109)110)92-71(107)51(31-61(100)101)91-70(106)50(30-60(98)99)90-68(104)48(13-10-22-82-75(79)80)89-69(105)49(29-59(96)97)88-58(95)21-15-40(4)85-67(103)44-16-18-45(19-17-44)83-33-47-34-84-66-63(87-47)72(108)94-76(81)93-66/h9,11-12,14,16-20,25,34-35,38,40-41,43,48-57,64-65,83H,10,13,15,21-24,26-33,36H2,1-8H3,(H,85,103)(H,88,95)(H,89,105)(H,90,104)(H,91,106)(H,92,107)(H,96,97)(H,98,99)(H,100,101)(H,109,110)(H4,79,80,82)(H3,81,84,93,94,108)/b11-9+,20-14+,37-25+,39-12+/t38-,40-,41+,43+,48+,49+,50+,51+,52+,53-,54+,55+,56-,57+,64+,65-,78+/m1/s1. The number of carbonyl (C=O) groups excluding carboxylic acids is 9. The summed E-state index contributed by atoms with van der Waals surface area (Å²) in [6.07, 6.45) is 3.90. The molecule has 8 rings (SSSR count). The fourth-order valence-corrected chi connectivity index (χ4v) is 15.4. The van der Waals surface area contributed by atoms with Crippen molar-refractivity contribution in [2.24, 2.45) is 23.5 Å². The number of rotatable bonds is 42. The van der Waals surface area contributed by atoms with Crippen molar-refractivity contribution in [1.82, 2.24) is 62.1 Å². The van der Waals surface area contributed by atoms with Gasteiger partial charge in [-0.1, -0.05) is 65.8 Å². The summed E-state index contributed by atoms with van der Waals surface area (Å²) in [6, 6.07) is -4.21. The second-order valence-corrected chi connectivity index (χ2v) is 32.6. The van der Waals surface area contributed by atoms with E-state index in [-0.39, 0.29) is 98.0 Å². The van der Waals surface area contributed by atoms with Gasteiger partial charge in [0.1, 0.15) is 78.8 Å². The number of methoxy groups -OCH3 is 1. The second kappa shape index (κ2) is 45.0. The van der Waals surface area contributed by atoms with Crippen LogP contribution in [0.5, 0.6) is 0 Å². The molecule has 0 spiro atoms. The van der Waals surface area contributed by atoms with E-state index in [1.54, 1.807) is 39.0 Å². The van der Waals surface area contributed by atoms with Gasteiger partial charge in [-0.2, -0.15) is 4.98 Å². The van der Waals surface area contributed by atoms with Crippen LogP contribution in [0, 0.1) is 30.1 Å². The minimum absolute atomic E-state index is 0.0120. The zero-order valence-corrected chi connectivity index (χ0v) is 69.6. The van der Waals surface area contributed by atoms with Gasteiger partial charge < -0.3 is 112 Å². The number of carbonyl (C=O) groups is 13. The summed E-state index contributed by atoms with van der Waals surface area (Å²) >= 11 is 0. The number of anilines is 2. The van der Waals surface area contributed by atoms with Gasteiger partial charge in [-0.05, 0) is 107 Å². The minimum atomic E-state index is -2.17. The number of oxazole rings is 1. The maximum Gasteiger partial charge on any atom is 0.508 e. The maximum absolute atomic E-state index is 14.1. The SMILES string of the molecule is CO[C@@H](/C(C)=C/C=C/C(C)=C/c1coc(C)n1)[C@@H](C)[C@@H]1C[C@H](OC(=O)OCCSSC[C@H](NC(=O)[C@H](CC(=O)O)NC(=O)[C@H](CC(=O)O)NC(=O)[C@H](CCCNC(=N)N)NC(=O)[C@H](CC(=O)O)NC(=O)CC[C@@H](C)NC(=O)c2ccc(NCc3cnc4nc(N)[nH]c(=O)c4n3)cc2)C(=O)O)[C@@]2(C)O[C@@H]2/C=C/[C@@H](C)[C@H]2C[C@H](CC(=O)O2)C[C@@H]2O[C@H]2C(=O)O1. The molecule has 1 aromatic carbocycles. The average molecular weight is 1740 g/mol. The van der Waals surface area contributed by atoms with Crippen LogP contribution in [-0.2, 0) is 92.4 Å². The number of cyclic esters (lactones) is 1. The van der Waals surface area contributed by atoms with E-state index in [1.165, 1.54) is 31.7 Å². The number of amides is 6. The van der Waals surface area contributed by atoms with E-state index in [0.717, 1.165) is 32.7 Å². The Balaban J connectivity index is 0.850. The zero-order valence-electron chi connectivity index (χ0n) is 68.0. The van der Waals surface area contributed by atoms with Gasteiger partial charge in [-0.25, -0.2) is 29.3 Å². The second-order valence-electron chi connectivity index (χ2n) is 29.9. The number of nitrogens with one attached hydrogen (secondary N) is 10. The molecular weight excluding hydrogens is 1640 g/mol. The van der Waals surface area contributed by atoms with Gasteiger partial charge in [0, 0.05) is 80.5 Å². The smallest absolute Gasteiger partial charge is 0.481 e. The van der Waals surface area contributed by atoms with Crippen molar-refractivity contribution in [3.8, 4) is 0 Å². The molecule has 17 atom stereocenters. The Morgan fingerprint density at radius 3 is 2.07 bits per heavy atom. The number of guanidine groups is 1. The normalized spacial score (nSPS) is 22.4. The van der Waals surface area contributed by atoms with E-state index >= 15 is 0 Å². The van der Waals surface area contributed by atoms with Crippen LogP contribution >= 0.6 is 21.6 Å². The lowest BCUT2D eigenvalue weighted by atomic mass is 9.84. The molecule has 662 valence electrons. The number of ether oxygens (including phenoxy) is 7. The first-order valence-electron chi connectivity index (χ1n) is 39.0. The third-order valence-corrected chi connectivity index (χ3v) is 22.5. The number of nitrogens with two attached hydrogens (primary N) is 2. The Hall–Kier alpha value is -12.0. The number of epoxide rings is 2. The molecule has 3 saturated heterocycles. The Morgan fingerprint density at radius 2 is 1.43 bits per heavy atom. The van der Waals surface area contributed by atoms with Crippen molar-refractivity contribution in [1.29, 1.82) is 5.41 Å². The molecule has 0 aliphatic carbocycles. The first-order chi connectivity index (χ1) is 57.8. The number of aromatic nitrogens is 5. The zero-order chi connectivity index (χ0) is 89.2. The lowest BCUT2D eigenvalue weighted by Crippen LogP contribution is -2.59. The monoisotopic (exact) mass is 1740 g/mol. The highest BCUT2D eigenvalue weighted by atomic mass is 33.1. The Labute approximate surface area is 706 Å². The first kappa shape index (κ1) is 95.4. The van der Waals surface area contributed by atoms with Crippen LogP contribution < -0.4 is 59.6 Å². The van der Waals surface area contributed by atoms with Crippen LogP contribution in [0.3, 0.4) is 0 Å². The van der Waals surface area contributed by atoms with Crippen molar-refractivity contribution in [2.45, 2.75) is 210 Å². The number of benzene rings is 1. The number of esters is 2. The maximum atomic E-state index is 14.1. The third-order valence-electron chi connectivity index (χ3n) is 20.1. The van der Waals surface area contributed by atoms with E-state index < -0.39 is 205 Å². The summed E-state index contributed by atoms with van der Waals surface area (Å²) in [7, 11) is 3.34. The molecular formula is C78H102N16O26S2. The third kappa shape index (κ3) is 29.7. The van der Waals surface area contributed by atoms with Gasteiger partial charge in [0.2, 0.25) is 35.5 Å². The molecule has 44 heteroatoms. The minimum Gasteiger partial charge on any atom is -0.481 e. The van der Waals surface area contributed by atoms with Crippen molar-refractivity contribution in [3.05, 3.63) is 111 Å². The van der Waals surface area contributed by atoms with Crippen molar-refractivity contribution < 1.29 is 120 Å². The number of carboxylic acids is 4. The van der Waals surface area contributed by atoms with Crippen LogP contribution in [0.25, 0.3) is 17.2 Å². The van der Waals surface area contributed by atoms with E-state index in [2.05, 4.69) is 62.1 Å². The molecule has 0 radical (unpaired) electrons. The van der Waals surface area contributed by atoms with Crippen LogP contribution in [0.4, 0.5) is 16.4 Å². The quantitative estimate of drug-likeness (QED) is 0.00349. The molecule has 4 aliphatic heterocycles. The van der Waals surface area contributed by atoms with E-state index in [4.69, 9.17) is 54.5 Å². The number of nitrogen functional groups attached to an aromatic ring is 1. The van der Waals surface area contributed by atoms with E-state index in [0.29, 0.717) is 35.8 Å². The fraction of sp³-hybridized carbons (Fsp3) is 0.526. The molecule has 4 aromatic rings. The highest BCUT2D eigenvalue weighted by Gasteiger charge is 2.60. The Bertz CT molecular complexity index is 4680. The fourth-order valence-electron chi connectivity index (χ4n) is 13.5. The molecule has 2 bridgehead atoms. The average Bonchev–Trinajstić information content (AvgIpc) is 1.59. The molecule has 4 aliphatic rings. The molecule has 6 amide bonds. The number of aromatic amines is 1. The van der Waals surface area contributed by atoms with Gasteiger partial charge in [-0.3, -0.25) is 63.1 Å². The summed E-state index contributed by atoms with van der Waals surface area (Å²) in [6.45, 7) is 12.2. The number of carboxylic acid groups (broad SMARTS) is 4. The number of fused-ring (bicyclic) bond motifs is 5. The lowest BCUT2D eigenvalue weighted by Gasteiger charge is -2.33. The molecule has 0 unspecified atom stereocenters. The van der Waals surface area contributed by atoms with Crippen LogP contribution in [-0.4, -0.2) is 245 Å². The molecule has 3 aromatic heterocycles. The van der Waals surface area contributed by atoms with Crippen LogP contribution in [0.15, 0.2) is 87.5 Å². The van der Waals surface area contributed by atoms with Gasteiger partial charge in [-0.15, -0.1) is 0 Å². The predicted octanol–water partition coefficient (Wildman–Crippen LogP) is 2.60. The molecule has 42 nitrogen and oxygen atoms in total. The summed E-state index contributed by atoms with van der Waals surface area (Å²) in [5, 5.41) is 66.6. The molecule has 0 saturated carbocycles. The van der Waals surface area contributed by atoms with Crippen molar-refractivity contribution >= 4 is 134 Å². The van der Waals surface area contributed by atoms with Crippen LogP contribution in [0.1, 0.15) is 140 Å². The highest BCUT2D eigenvalue weighted by Crippen LogP contribution is 2.46. The summed E-state index contributed by atoms with van der Waals surface area (Å²) < 4.78 is 47.2. The van der Waals surface area contributed by atoms with Crippen molar-refractivity contribution in [3.63, 3.8) is 0 Å². The molecule has 7 heterocycles. The number of aryl methyl sites for hydroxylation is 1. The number of hydrogen-bond acceptors (Lipinski definition) is 31.